The van der Waals surface area contributed by atoms with Gasteiger partial charge in [-0.2, -0.15) is 0 Å². The van der Waals surface area contributed by atoms with Crippen molar-refractivity contribution in [3.63, 3.8) is 0 Å². The van der Waals surface area contributed by atoms with Crippen LogP contribution >= 0.6 is 11.6 Å². The number of nitro groups is 1. The normalized spacial score (nSPS) is 18.6. The molecule has 1 aliphatic rings. The molecule has 2 aromatic rings. The molecular weight excluding hydrogens is 362 g/mol. The van der Waals surface area contributed by atoms with Gasteiger partial charge in [0.2, 0.25) is 0 Å². The summed E-state index contributed by atoms with van der Waals surface area (Å²) in [5, 5.41) is 11.5. The first kappa shape index (κ1) is 19.4. The minimum absolute atomic E-state index is 0.0237. The van der Waals surface area contributed by atoms with Crippen LogP contribution in [0.15, 0.2) is 41.4 Å². The van der Waals surface area contributed by atoms with Gasteiger partial charge < -0.3 is 4.90 Å². The van der Waals surface area contributed by atoms with E-state index in [0.29, 0.717) is 16.6 Å². The predicted molar refractivity (Wildman–Crippen MR) is 112 cm³/mol. The number of hydrogen-bond acceptors (Lipinski definition) is 4. The Labute approximate surface area is 164 Å². The fourth-order valence-corrected chi connectivity index (χ4v) is 4.26. The maximum atomic E-state index is 10.9. The molecule has 0 spiro atoms. The lowest BCUT2D eigenvalue weighted by atomic mass is 9.79. The van der Waals surface area contributed by atoms with E-state index in [2.05, 4.69) is 43.7 Å². The van der Waals surface area contributed by atoms with Crippen molar-refractivity contribution < 1.29 is 4.92 Å². The van der Waals surface area contributed by atoms with Crippen LogP contribution < -0.4 is 4.90 Å². The Morgan fingerprint density at radius 2 is 2.11 bits per heavy atom. The standard InChI is InChI=1S/C21H24ClN3O2/c1-5-24-20-11-19(22)15(9-18(20)14(2)12-21(24,3)4)13-23-16-7-6-8-17(10-16)25(26)27/h6-11,13-14H,5,12H2,1-4H3. The Morgan fingerprint density at radius 3 is 2.78 bits per heavy atom. The molecule has 27 heavy (non-hydrogen) atoms. The van der Waals surface area contributed by atoms with Crippen molar-refractivity contribution in [3.05, 3.63) is 62.7 Å². The van der Waals surface area contributed by atoms with Crippen molar-refractivity contribution in [1.29, 1.82) is 0 Å². The minimum Gasteiger partial charge on any atom is -0.366 e. The molecule has 2 aromatic carbocycles. The van der Waals surface area contributed by atoms with Gasteiger partial charge >= 0.3 is 0 Å². The number of nitrogens with zero attached hydrogens (tertiary/aromatic N) is 3. The second-order valence-electron chi connectivity index (χ2n) is 7.63. The van der Waals surface area contributed by atoms with Gasteiger partial charge in [0.1, 0.15) is 0 Å². The van der Waals surface area contributed by atoms with E-state index in [1.165, 1.54) is 23.4 Å². The lowest BCUT2D eigenvalue weighted by Gasteiger charge is -2.47. The number of non-ortho nitro benzene ring substituents is 1. The Morgan fingerprint density at radius 1 is 1.37 bits per heavy atom. The van der Waals surface area contributed by atoms with Crippen LogP contribution in [0.4, 0.5) is 17.1 Å². The highest BCUT2D eigenvalue weighted by Gasteiger charge is 2.35. The van der Waals surface area contributed by atoms with E-state index in [1.807, 2.05) is 6.07 Å². The molecule has 0 bridgehead atoms. The molecular formula is C21H24ClN3O2. The number of benzene rings is 2. The molecule has 5 nitrogen and oxygen atoms in total. The van der Waals surface area contributed by atoms with Crippen molar-refractivity contribution in [2.24, 2.45) is 4.99 Å². The molecule has 1 unspecified atom stereocenters. The Bertz CT molecular complexity index is 908. The number of aliphatic imine (C=N–C) groups is 1. The summed E-state index contributed by atoms with van der Waals surface area (Å²) in [5.41, 5.74) is 3.91. The molecule has 0 amide bonds. The highest BCUT2D eigenvalue weighted by atomic mass is 35.5. The topological polar surface area (TPSA) is 58.7 Å². The number of fused-ring (bicyclic) bond motifs is 1. The van der Waals surface area contributed by atoms with Gasteiger partial charge in [0.25, 0.3) is 5.69 Å². The summed E-state index contributed by atoms with van der Waals surface area (Å²) < 4.78 is 0. The van der Waals surface area contributed by atoms with Gasteiger partial charge in [-0.3, -0.25) is 15.1 Å². The van der Waals surface area contributed by atoms with E-state index in [-0.39, 0.29) is 11.2 Å². The lowest BCUT2D eigenvalue weighted by molar-refractivity contribution is -0.384. The third kappa shape index (κ3) is 3.83. The fraction of sp³-hybridized carbons (Fsp3) is 0.381. The fourth-order valence-electron chi connectivity index (χ4n) is 4.05. The third-order valence-corrected chi connectivity index (χ3v) is 5.54. The summed E-state index contributed by atoms with van der Waals surface area (Å²) in [4.78, 5) is 17.3. The van der Waals surface area contributed by atoms with E-state index < -0.39 is 4.92 Å². The number of anilines is 1. The van der Waals surface area contributed by atoms with Crippen LogP contribution in [-0.2, 0) is 0 Å². The summed E-state index contributed by atoms with van der Waals surface area (Å²) in [6.07, 6.45) is 2.75. The molecule has 142 valence electrons. The third-order valence-electron chi connectivity index (χ3n) is 5.21. The summed E-state index contributed by atoms with van der Waals surface area (Å²) in [5.74, 6) is 0.417. The first-order valence-corrected chi connectivity index (χ1v) is 9.50. The number of halogens is 1. The zero-order chi connectivity index (χ0) is 19.8. The molecule has 1 heterocycles. The quantitative estimate of drug-likeness (QED) is 0.362. The van der Waals surface area contributed by atoms with Crippen LogP contribution in [-0.4, -0.2) is 23.2 Å². The van der Waals surface area contributed by atoms with Crippen LogP contribution in [0.1, 0.15) is 51.2 Å². The molecule has 0 N–H and O–H groups in total. The molecule has 6 heteroatoms. The van der Waals surface area contributed by atoms with Gasteiger partial charge in [0.05, 0.1) is 15.6 Å². The first-order chi connectivity index (χ1) is 12.7. The number of rotatable bonds is 4. The van der Waals surface area contributed by atoms with Crippen molar-refractivity contribution in [2.75, 3.05) is 11.4 Å². The molecule has 1 atom stereocenters. The molecule has 0 fully saturated rings. The van der Waals surface area contributed by atoms with E-state index in [9.17, 15) is 10.1 Å². The maximum absolute atomic E-state index is 10.9. The highest BCUT2D eigenvalue weighted by Crippen LogP contribution is 2.44. The first-order valence-electron chi connectivity index (χ1n) is 9.12. The van der Waals surface area contributed by atoms with Crippen molar-refractivity contribution in [3.8, 4) is 0 Å². The van der Waals surface area contributed by atoms with E-state index >= 15 is 0 Å². The Balaban J connectivity index is 1.98. The molecule has 0 saturated carbocycles. The second kappa shape index (κ2) is 7.31. The molecule has 0 radical (unpaired) electrons. The molecule has 0 aliphatic carbocycles. The summed E-state index contributed by atoms with van der Waals surface area (Å²) in [7, 11) is 0. The Kier molecular flexibility index (Phi) is 5.24. The average molecular weight is 386 g/mol. The van der Waals surface area contributed by atoms with E-state index in [4.69, 9.17) is 11.6 Å². The van der Waals surface area contributed by atoms with Gasteiger partial charge in [-0.15, -0.1) is 0 Å². The van der Waals surface area contributed by atoms with E-state index in [1.54, 1.807) is 18.3 Å². The predicted octanol–water partition coefficient (Wildman–Crippen LogP) is 6.11. The van der Waals surface area contributed by atoms with Crippen LogP contribution in [0.25, 0.3) is 0 Å². The molecule has 0 aromatic heterocycles. The van der Waals surface area contributed by atoms with Crippen LogP contribution in [0, 0.1) is 10.1 Å². The SMILES string of the molecule is CCN1c2cc(Cl)c(C=Nc3cccc([N+](=O)[O-])c3)cc2C(C)CC1(C)C. The zero-order valence-corrected chi connectivity index (χ0v) is 16.8. The monoisotopic (exact) mass is 385 g/mol. The van der Waals surface area contributed by atoms with Gasteiger partial charge in [0, 0.05) is 41.7 Å². The largest absolute Gasteiger partial charge is 0.366 e. The number of hydrogen-bond donors (Lipinski definition) is 0. The van der Waals surface area contributed by atoms with Crippen LogP contribution in [0.2, 0.25) is 5.02 Å². The average Bonchev–Trinajstić information content (AvgIpc) is 2.60. The summed E-state index contributed by atoms with van der Waals surface area (Å²) in [6, 6.07) is 10.4. The van der Waals surface area contributed by atoms with Crippen molar-refractivity contribution >= 4 is 34.9 Å². The van der Waals surface area contributed by atoms with Crippen LogP contribution in [0.3, 0.4) is 0 Å². The zero-order valence-electron chi connectivity index (χ0n) is 16.1. The van der Waals surface area contributed by atoms with E-state index in [0.717, 1.165) is 18.5 Å². The summed E-state index contributed by atoms with van der Waals surface area (Å²) >= 11 is 6.55. The van der Waals surface area contributed by atoms with Crippen molar-refractivity contribution in [2.45, 2.75) is 45.6 Å². The van der Waals surface area contributed by atoms with Gasteiger partial charge in [-0.1, -0.05) is 24.6 Å². The number of nitro benzene ring substituents is 1. The lowest BCUT2D eigenvalue weighted by Crippen LogP contribution is -2.48. The van der Waals surface area contributed by atoms with Crippen molar-refractivity contribution in [1.82, 2.24) is 0 Å². The van der Waals surface area contributed by atoms with Crippen LogP contribution in [0.5, 0.6) is 0 Å². The van der Waals surface area contributed by atoms with Gasteiger partial charge in [-0.25, -0.2) is 0 Å². The summed E-state index contributed by atoms with van der Waals surface area (Å²) in [6.45, 7) is 9.85. The smallest absolute Gasteiger partial charge is 0.271 e. The molecule has 0 saturated heterocycles. The maximum Gasteiger partial charge on any atom is 0.271 e. The second-order valence-corrected chi connectivity index (χ2v) is 8.04. The molecule has 1 aliphatic heterocycles. The minimum atomic E-state index is -0.423. The highest BCUT2D eigenvalue weighted by molar-refractivity contribution is 6.33. The Hall–Kier alpha value is -2.40. The molecule has 3 rings (SSSR count). The van der Waals surface area contributed by atoms with Gasteiger partial charge in [-0.05, 0) is 56.9 Å². The van der Waals surface area contributed by atoms with Gasteiger partial charge in [0.15, 0.2) is 0 Å².